The van der Waals surface area contributed by atoms with Crippen molar-refractivity contribution in [3.8, 4) is 5.75 Å². The lowest BCUT2D eigenvalue weighted by Crippen LogP contribution is -2.13. The fraction of sp³-hybridized carbons (Fsp3) is 0.316. The van der Waals surface area contributed by atoms with Gasteiger partial charge in [0.05, 0.1) is 5.56 Å². The van der Waals surface area contributed by atoms with Gasteiger partial charge in [-0.15, -0.1) is 0 Å². The molecule has 0 fully saturated rings. The molecule has 0 saturated heterocycles. The molecule has 5 heteroatoms. The average molecular weight is 386 g/mol. The fourth-order valence-corrected chi connectivity index (χ4v) is 3.21. The Bertz CT molecular complexity index is 754. The molecule has 0 N–H and O–H groups in total. The Labute approximate surface area is 157 Å². The number of alkyl halides is 3. The normalized spacial score (nSPS) is 11.5. The van der Waals surface area contributed by atoms with E-state index in [1.807, 2.05) is 45.9 Å². The first-order chi connectivity index (χ1) is 11.1. The molecule has 0 saturated carbocycles. The van der Waals surface area contributed by atoms with Crippen LogP contribution in [0.1, 0.15) is 38.2 Å². The van der Waals surface area contributed by atoms with E-state index in [1.165, 1.54) is 0 Å². The van der Waals surface area contributed by atoms with E-state index in [2.05, 4.69) is 0 Å². The summed E-state index contributed by atoms with van der Waals surface area (Å²) in [6.45, 7) is 7.73. The number of esters is 1. The molecular formula is C19H19Cl3O2. The summed E-state index contributed by atoms with van der Waals surface area (Å²) < 4.78 is 4.15. The molecule has 0 aromatic heterocycles. The zero-order valence-corrected chi connectivity index (χ0v) is 16.3. The van der Waals surface area contributed by atoms with Crippen LogP contribution >= 0.6 is 34.8 Å². The first kappa shape index (κ1) is 19.1. The lowest BCUT2D eigenvalue weighted by Gasteiger charge is -2.15. The second kappa shape index (κ2) is 7.35. The molecule has 0 atom stereocenters. The number of carbonyl (C=O) groups is 1. The molecule has 2 aromatic rings. The van der Waals surface area contributed by atoms with Gasteiger partial charge in [-0.3, -0.25) is 0 Å². The van der Waals surface area contributed by atoms with Crippen molar-refractivity contribution in [3.05, 3.63) is 63.7 Å². The standard InChI is InChI=1S/C19H19Cl3O2/c1-11-7-13(3)17(14(4)8-11)18(23)24-16-6-5-12(2)15(9-16)10-19(20,21)22/h5-9H,10H2,1-4H3. The number of ether oxygens (including phenoxy) is 1. The van der Waals surface area contributed by atoms with Crippen LogP contribution in [0.15, 0.2) is 30.3 Å². The van der Waals surface area contributed by atoms with E-state index >= 15 is 0 Å². The largest absolute Gasteiger partial charge is 0.423 e. The van der Waals surface area contributed by atoms with Crippen molar-refractivity contribution in [2.45, 2.75) is 37.9 Å². The van der Waals surface area contributed by atoms with Gasteiger partial charge in [0.2, 0.25) is 0 Å². The summed E-state index contributed by atoms with van der Waals surface area (Å²) in [6.07, 6.45) is 0.247. The summed E-state index contributed by atoms with van der Waals surface area (Å²) in [6, 6.07) is 9.27. The van der Waals surface area contributed by atoms with E-state index in [0.29, 0.717) is 11.3 Å². The molecule has 0 aliphatic rings. The van der Waals surface area contributed by atoms with E-state index in [0.717, 1.165) is 27.8 Å². The van der Waals surface area contributed by atoms with Crippen LogP contribution < -0.4 is 4.74 Å². The Kier molecular flexibility index (Phi) is 5.85. The smallest absolute Gasteiger partial charge is 0.344 e. The molecule has 0 bridgehead atoms. The summed E-state index contributed by atoms with van der Waals surface area (Å²) >= 11 is 17.6. The van der Waals surface area contributed by atoms with Crippen LogP contribution in [0.4, 0.5) is 0 Å². The highest BCUT2D eigenvalue weighted by atomic mass is 35.6. The molecule has 0 unspecified atom stereocenters. The molecule has 0 spiro atoms. The topological polar surface area (TPSA) is 26.3 Å². The molecule has 128 valence electrons. The Morgan fingerprint density at radius 3 is 2.08 bits per heavy atom. The van der Waals surface area contributed by atoms with Gasteiger partial charge in [-0.1, -0.05) is 58.6 Å². The first-order valence-electron chi connectivity index (χ1n) is 7.53. The lowest BCUT2D eigenvalue weighted by atomic mass is 10.00. The highest BCUT2D eigenvalue weighted by molar-refractivity contribution is 6.67. The van der Waals surface area contributed by atoms with Crippen LogP contribution in [0, 0.1) is 27.7 Å². The van der Waals surface area contributed by atoms with E-state index < -0.39 is 3.79 Å². The van der Waals surface area contributed by atoms with Crippen molar-refractivity contribution in [1.29, 1.82) is 0 Å². The second-order valence-electron chi connectivity index (χ2n) is 6.04. The third-order valence-corrected chi connectivity index (χ3v) is 4.20. The van der Waals surface area contributed by atoms with E-state index in [1.54, 1.807) is 12.1 Å². The first-order valence-corrected chi connectivity index (χ1v) is 8.66. The van der Waals surface area contributed by atoms with Crippen molar-refractivity contribution in [1.82, 2.24) is 0 Å². The number of hydrogen-bond donors (Lipinski definition) is 0. The minimum Gasteiger partial charge on any atom is -0.423 e. The maximum atomic E-state index is 12.5. The second-order valence-corrected chi connectivity index (χ2v) is 8.56. The van der Waals surface area contributed by atoms with Crippen LogP contribution in [0.5, 0.6) is 5.75 Å². The molecule has 2 rings (SSSR count). The van der Waals surface area contributed by atoms with E-state index in [4.69, 9.17) is 39.5 Å². The van der Waals surface area contributed by atoms with Gasteiger partial charge in [-0.05, 0) is 62.1 Å². The summed E-state index contributed by atoms with van der Waals surface area (Å²) in [4.78, 5) is 12.5. The zero-order chi connectivity index (χ0) is 18.1. The van der Waals surface area contributed by atoms with Crippen molar-refractivity contribution < 1.29 is 9.53 Å². The van der Waals surface area contributed by atoms with Gasteiger partial charge >= 0.3 is 5.97 Å². The number of benzene rings is 2. The van der Waals surface area contributed by atoms with Crippen LogP contribution in [0.3, 0.4) is 0 Å². The Hall–Kier alpha value is -1.22. The van der Waals surface area contributed by atoms with Crippen molar-refractivity contribution in [2.75, 3.05) is 0 Å². The summed E-state index contributed by atoms with van der Waals surface area (Å²) in [5.41, 5.74) is 5.30. The van der Waals surface area contributed by atoms with Gasteiger partial charge in [-0.2, -0.15) is 0 Å². The highest BCUT2D eigenvalue weighted by Crippen LogP contribution is 2.33. The average Bonchev–Trinajstić information content (AvgIpc) is 2.39. The summed E-state index contributed by atoms with van der Waals surface area (Å²) in [5.74, 6) is 0.0583. The number of hydrogen-bond acceptors (Lipinski definition) is 2. The van der Waals surface area contributed by atoms with Gasteiger partial charge in [0, 0.05) is 6.42 Å². The van der Waals surface area contributed by atoms with E-state index in [-0.39, 0.29) is 12.4 Å². The number of carbonyl (C=O) groups excluding carboxylic acids is 1. The van der Waals surface area contributed by atoms with Crippen molar-refractivity contribution >= 4 is 40.8 Å². The molecule has 0 aliphatic heterocycles. The van der Waals surface area contributed by atoms with Crippen molar-refractivity contribution in [2.24, 2.45) is 0 Å². The summed E-state index contributed by atoms with van der Waals surface area (Å²) in [5, 5.41) is 0. The molecule has 0 amide bonds. The van der Waals surface area contributed by atoms with Gasteiger partial charge in [0.25, 0.3) is 0 Å². The van der Waals surface area contributed by atoms with Gasteiger partial charge < -0.3 is 4.74 Å². The number of rotatable bonds is 3. The minimum absolute atomic E-state index is 0.247. The predicted octanol–water partition coefficient (Wildman–Crippen LogP) is 6.05. The van der Waals surface area contributed by atoms with Crippen LogP contribution in [0.25, 0.3) is 0 Å². The molecule has 2 aromatic carbocycles. The minimum atomic E-state index is -1.39. The predicted molar refractivity (Wildman–Crippen MR) is 101 cm³/mol. The molecule has 0 radical (unpaired) electrons. The molecule has 2 nitrogen and oxygen atoms in total. The monoisotopic (exact) mass is 384 g/mol. The fourth-order valence-electron chi connectivity index (χ4n) is 2.78. The molecule has 0 aliphatic carbocycles. The summed E-state index contributed by atoms with van der Waals surface area (Å²) in [7, 11) is 0. The Morgan fingerprint density at radius 2 is 1.54 bits per heavy atom. The third-order valence-electron chi connectivity index (χ3n) is 3.80. The maximum absolute atomic E-state index is 12.5. The Morgan fingerprint density at radius 1 is 0.958 bits per heavy atom. The van der Waals surface area contributed by atoms with Crippen LogP contribution in [-0.2, 0) is 6.42 Å². The van der Waals surface area contributed by atoms with Crippen molar-refractivity contribution in [3.63, 3.8) is 0 Å². The van der Waals surface area contributed by atoms with Gasteiger partial charge in [0.15, 0.2) is 3.79 Å². The molecule has 24 heavy (non-hydrogen) atoms. The van der Waals surface area contributed by atoms with Gasteiger partial charge in [-0.25, -0.2) is 4.79 Å². The third kappa shape index (κ3) is 4.89. The maximum Gasteiger partial charge on any atom is 0.344 e. The zero-order valence-electron chi connectivity index (χ0n) is 14.0. The van der Waals surface area contributed by atoms with Crippen LogP contribution in [-0.4, -0.2) is 9.76 Å². The van der Waals surface area contributed by atoms with E-state index in [9.17, 15) is 4.79 Å². The molecular weight excluding hydrogens is 367 g/mol. The number of halogens is 3. The quantitative estimate of drug-likeness (QED) is 0.365. The lowest BCUT2D eigenvalue weighted by molar-refractivity contribution is 0.0733. The molecule has 0 heterocycles. The SMILES string of the molecule is Cc1cc(C)c(C(=O)Oc2ccc(C)c(CC(Cl)(Cl)Cl)c2)c(C)c1. The van der Waals surface area contributed by atoms with Crippen LogP contribution in [0.2, 0.25) is 0 Å². The number of aryl methyl sites for hydroxylation is 4. The highest BCUT2D eigenvalue weighted by Gasteiger charge is 2.22. The Balaban J connectivity index is 2.29. The van der Waals surface area contributed by atoms with Gasteiger partial charge in [0.1, 0.15) is 5.75 Å².